The van der Waals surface area contributed by atoms with Gasteiger partial charge in [-0.3, -0.25) is 4.79 Å². The Labute approximate surface area is 85.3 Å². The second kappa shape index (κ2) is 6.89. The van der Waals surface area contributed by atoms with Crippen molar-refractivity contribution in [2.45, 2.75) is 13.8 Å². The molecule has 0 bridgehead atoms. The molecule has 0 rings (SSSR count). The molecule has 2 nitrogen and oxygen atoms in total. The molecule has 0 fully saturated rings. The van der Waals surface area contributed by atoms with Gasteiger partial charge in [-0.05, 0) is 13.8 Å². The Morgan fingerprint density at radius 3 is 2.57 bits per heavy atom. The van der Waals surface area contributed by atoms with Gasteiger partial charge in [0.1, 0.15) is 0 Å². The van der Waals surface area contributed by atoms with Crippen molar-refractivity contribution in [2.24, 2.45) is 0 Å². The number of carbonyl (C=O) groups is 1. The maximum Gasteiger partial charge on any atom is 0.226 e. The van der Waals surface area contributed by atoms with Crippen LogP contribution in [0.15, 0.2) is 48.8 Å². The number of Topliss-reactive ketones (excluding diaryl/α,β-unsaturated/α-hetero) is 1. The van der Waals surface area contributed by atoms with E-state index in [0.717, 1.165) is 0 Å². The van der Waals surface area contributed by atoms with Gasteiger partial charge in [-0.15, -0.1) is 0 Å². The van der Waals surface area contributed by atoms with Gasteiger partial charge in [0.15, 0.2) is 5.76 Å². The van der Waals surface area contributed by atoms with E-state index in [9.17, 15) is 4.79 Å². The quantitative estimate of drug-likeness (QED) is 0.367. The Morgan fingerprint density at radius 1 is 1.50 bits per heavy atom. The highest BCUT2D eigenvalue weighted by molar-refractivity contribution is 6.08. The summed E-state index contributed by atoms with van der Waals surface area (Å²) in [6.45, 7) is 11.2. The van der Waals surface area contributed by atoms with Gasteiger partial charge in [-0.2, -0.15) is 0 Å². The smallest absolute Gasteiger partial charge is 0.226 e. The Hall–Kier alpha value is -1.57. The summed E-state index contributed by atoms with van der Waals surface area (Å²) < 4.78 is 5.01. The molecular weight excluding hydrogens is 176 g/mol. The van der Waals surface area contributed by atoms with Gasteiger partial charge in [0.25, 0.3) is 0 Å². The van der Waals surface area contributed by atoms with E-state index < -0.39 is 0 Å². The molecule has 0 atom stereocenters. The van der Waals surface area contributed by atoms with Gasteiger partial charge in [-0.1, -0.05) is 37.5 Å². The third-order valence-corrected chi connectivity index (χ3v) is 1.52. The van der Waals surface area contributed by atoms with Crippen molar-refractivity contribution in [1.29, 1.82) is 0 Å². The van der Waals surface area contributed by atoms with Crippen LogP contribution in [0.1, 0.15) is 13.8 Å². The predicted octanol–water partition coefficient (Wildman–Crippen LogP) is 2.79. The first-order valence-corrected chi connectivity index (χ1v) is 4.49. The minimum absolute atomic E-state index is 0.156. The van der Waals surface area contributed by atoms with E-state index in [1.165, 1.54) is 6.08 Å². The molecule has 0 aromatic carbocycles. The molecule has 0 N–H and O–H groups in total. The third kappa shape index (κ3) is 3.90. The minimum Gasteiger partial charge on any atom is -0.490 e. The number of carbonyl (C=O) groups excluding carboxylic acids is 1. The summed E-state index contributed by atoms with van der Waals surface area (Å²) >= 11 is 0. The lowest BCUT2D eigenvalue weighted by molar-refractivity contribution is -0.115. The molecule has 0 radical (unpaired) electrons. The van der Waals surface area contributed by atoms with Gasteiger partial charge in [0, 0.05) is 5.57 Å². The van der Waals surface area contributed by atoms with Crippen molar-refractivity contribution >= 4 is 5.78 Å². The van der Waals surface area contributed by atoms with Crippen LogP contribution in [0.25, 0.3) is 0 Å². The fourth-order valence-corrected chi connectivity index (χ4v) is 0.837. The van der Waals surface area contributed by atoms with Crippen LogP contribution in [0, 0.1) is 0 Å². The van der Waals surface area contributed by atoms with Crippen LogP contribution in [-0.4, -0.2) is 12.4 Å². The molecular formula is C12H16O2. The molecule has 0 unspecified atom stereocenters. The SMILES string of the molecule is C=C/C(=C\C=C/C)C(=O)C(=C)OCC. The number of hydrogen-bond acceptors (Lipinski definition) is 2. The van der Waals surface area contributed by atoms with Crippen LogP contribution in [0.5, 0.6) is 0 Å². The van der Waals surface area contributed by atoms with Crippen LogP contribution in [0.4, 0.5) is 0 Å². The first-order chi connectivity index (χ1) is 6.67. The van der Waals surface area contributed by atoms with Crippen LogP contribution in [-0.2, 0) is 9.53 Å². The second-order valence-electron chi connectivity index (χ2n) is 2.54. The topological polar surface area (TPSA) is 26.3 Å². The molecule has 0 heterocycles. The number of ketones is 1. The highest BCUT2D eigenvalue weighted by Gasteiger charge is 2.10. The Bertz CT molecular complexity index is 283. The van der Waals surface area contributed by atoms with Gasteiger partial charge >= 0.3 is 0 Å². The van der Waals surface area contributed by atoms with E-state index in [0.29, 0.717) is 12.2 Å². The number of rotatable bonds is 6. The Balaban J connectivity index is 4.62. The van der Waals surface area contributed by atoms with Gasteiger partial charge in [0.05, 0.1) is 6.61 Å². The monoisotopic (exact) mass is 192 g/mol. The Morgan fingerprint density at radius 2 is 2.14 bits per heavy atom. The van der Waals surface area contributed by atoms with Crippen LogP contribution >= 0.6 is 0 Å². The van der Waals surface area contributed by atoms with Crippen molar-refractivity contribution in [3.63, 3.8) is 0 Å². The number of ether oxygens (including phenoxy) is 1. The zero-order valence-electron chi connectivity index (χ0n) is 8.75. The van der Waals surface area contributed by atoms with E-state index in [4.69, 9.17) is 4.74 Å². The normalized spacial score (nSPS) is 11.4. The zero-order chi connectivity index (χ0) is 11.0. The molecule has 2 heteroatoms. The van der Waals surface area contributed by atoms with Crippen LogP contribution in [0.2, 0.25) is 0 Å². The summed E-state index contributed by atoms with van der Waals surface area (Å²) in [4.78, 5) is 11.6. The van der Waals surface area contributed by atoms with E-state index >= 15 is 0 Å². The van der Waals surface area contributed by atoms with Crippen molar-refractivity contribution in [3.8, 4) is 0 Å². The molecule has 14 heavy (non-hydrogen) atoms. The molecule has 0 aliphatic rings. The average molecular weight is 192 g/mol. The lowest BCUT2D eigenvalue weighted by atomic mass is 10.1. The molecule has 0 spiro atoms. The van der Waals surface area contributed by atoms with Gasteiger partial charge in [-0.25, -0.2) is 0 Å². The van der Waals surface area contributed by atoms with Gasteiger partial charge in [0.2, 0.25) is 5.78 Å². The molecule has 0 amide bonds. The summed E-state index contributed by atoms with van der Waals surface area (Å²) in [6.07, 6.45) is 6.78. The fourth-order valence-electron chi connectivity index (χ4n) is 0.837. The first kappa shape index (κ1) is 12.4. The molecule has 0 saturated carbocycles. The summed E-state index contributed by atoms with van der Waals surface area (Å²) in [5, 5.41) is 0. The van der Waals surface area contributed by atoms with E-state index in [2.05, 4.69) is 13.2 Å². The van der Waals surface area contributed by atoms with Crippen molar-refractivity contribution in [1.82, 2.24) is 0 Å². The van der Waals surface area contributed by atoms with Crippen molar-refractivity contribution in [2.75, 3.05) is 6.61 Å². The fraction of sp³-hybridized carbons (Fsp3) is 0.250. The summed E-state index contributed by atoms with van der Waals surface area (Å²) in [5.74, 6) is -0.0666. The molecule has 0 aliphatic carbocycles. The summed E-state index contributed by atoms with van der Waals surface area (Å²) in [7, 11) is 0. The van der Waals surface area contributed by atoms with Crippen LogP contribution in [0.3, 0.4) is 0 Å². The predicted molar refractivity (Wildman–Crippen MR) is 58.9 cm³/mol. The lowest BCUT2D eigenvalue weighted by Gasteiger charge is -2.05. The van der Waals surface area contributed by atoms with E-state index in [1.54, 1.807) is 12.2 Å². The average Bonchev–Trinajstić information content (AvgIpc) is 2.19. The molecule has 0 saturated heterocycles. The first-order valence-electron chi connectivity index (χ1n) is 4.49. The number of hydrogen-bond donors (Lipinski definition) is 0. The van der Waals surface area contributed by atoms with Crippen molar-refractivity contribution < 1.29 is 9.53 Å². The Kier molecular flexibility index (Phi) is 6.12. The highest BCUT2D eigenvalue weighted by Crippen LogP contribution is 2.07. The molecule has 0 aromatic rings. The lowest BCUT2D eigenvalue weighted by Crippen LogP contribution is -2.06. The third-order valence-electron chi connectivity index (χ3n) is 1.52. The number of allylic oxidation sites excluding steroid dienone is 5. The molecule has 76 valence electrons. The zero-order valence-corrected chi connectivity index (χ0v) is 8.75. The standard InChI is InChI=1S/C12H16O2/c1-5-8-9-11(6-2)12(13)10(4)14-7-3/h5-6,8-9H,2,4,7H2,1,3H3/b8-5-,11-9+. The maximum atomic E-state index is 11.6. The highest BCUT2D eigenvalue weighted by atomic mass is 16.5. The summed E-state index contributed by atoms with van der Waals surface area (Å²) in [6, 6.07) is 0. The van der Waals surface area contributed by atoms with E-state index in [1.807, 2.05) is 19.9 Å². The second-order valence-corrected chi connectivity index (χ2v) is 2.54. The minimum atomic E-state index is -0.222. The van der Waals surface area contributed by atoms with E-state index in [-0.39, 0.29) is 11.5 Å². The van der Waals surface area contributed by atoms with Crippen LogP contribution < -0.4 is 0 Å². The van der Waals surface area contributed by atoms with Gasteiger partial charge < -0.3 is 4.74 Å². The summed E-state index contributed by atoms with van der Waals surface area (Å²) in [5.41, 5.74) is 0.488. The maximum absolute atomic E-state index is 11.6. The largest absolute Gasteiger partial charge is 0.490 e. The molecule has 0 aliphatic heterocycles. The molecule has 0 aromatic heterocycles. The van der Waals surface area contributed by atoms with Crippen molar-refractivity contribution in [3.05, 3.63) is 48.8 Å².